The van der Waals surface area contributed by atoms with E-state index in [1.54, 1.807) is 24.3 Å². The highest BCUT2D eigenvalue weighted by molar-refractivity contribution is 9.11. The number of carboxylic acid groups (broad SMARTS) is 2. The number of nitrogens with zero attached hydrogens (tertiary/aromatic N) is 4. The van der Waals surface area contributed by atoms with Crippen LogP contribution in [0.15, 0.2) is 112 Å². The van der Waals surface area contributed by atoms with Crippen LogP contribution in [-0.4, -0.2) is 100.0 Å². The van der Waals surface area contributed by atoms with Crippen molar-refractivity contribution in [2.24, 2.45) is 0 Å². The first-order chi connectivity index (χ1) is 30.0. The van der Waals surface area contributed by atoms with Gasteiger partial charge < -0.3 is 28.8 Å². The van der Waals surface area contributed by atoms with Gasteiger partial charge in [-0.1, -0.05) is 18.2 Å². The third-order valence-corrected chi connectivity index (χ3v) is 15.9. The molecule has 0 unspecified atom stereocenters. The third-order valence-electron chi connectivity index (χ3n) is 10.4. The quantitative estimate of drug-likeness (QED) is 0.138. The van der Waals surface area contributed by atoms with Gasteiger partial charge in [-0.15, -0.1) is 0 Å². The van der Waals surface area contributed by atoms with Crippen molar-refractivity contribution in [3.63, 3.8) is 0 Å². The fourth-order valence-electron chi connectivity index (χ4n) is 7.22. The zero-order valence-corrected chi connectivity index (χ0v) is 37.3. The number of alkyl halides is 6. The lowest BCUT2D eigenvalue weighted by Crippen LogP contribution is -2.49. The number of rotatable bonds is 8. The Kier molecular flexibility index (Phi) is 12.9. The molecule has 24 heteroatoms. The van der Waals surface area contributed by atoms with Gasteiger partial charge in [-0.25, -0.2) is 26.4 Å². The van der Waals surface area contributed by atoms with Crippen molar-refractivity contribution in [2.45, 2.75) is 22.1 Å². The Bertz CT molecular complexity index is 3000. The van der Waals surface area contributed by atoms with E-state index in [0.717, 1.165) is 50.7 Å². The van der Waals surface area contributed by atoms with E-state index in [9.17, 15) is 52.8 Å². The maximum Gasteiger partial charge on any atom is 0.417 e. The van der Waals surface area contributed by atoms with Gasteiger partial charge in [-0.05, 0) is 86.5 Å². The number of benzene rings is 4. The van der Waals surface area contributed by atoms with Gasteiger partial charge in [0, 0.05) is 75.3 Å². The van der Waals surface area contributed by atoms with E-state index in [1.165, 1.54) is 18.2 Å². The second kappa shape index (κ2) is 17.7. The first-order valence-electron chi connectivity index (χ1n) is 18.7. The molecule has 2 aliphatic rings. The highest BCUT2D eigenvalue weighted by atomic mass is 79.9. The Balaban J connectivity index is 0.000000191. The highest BCUT2D eigenvalue weighted by Gasteiger charge is 2.40. The first-order valence-corrected chi connectivity index (χ1v) is 23.2. The molecule has 2 fully saturated rings. The lowest BCUT2D eigenvalue weighted by molar-refractivity contribution is -0.140. The van der Waals surface area contributed by atoms with Crippen LogP contribution in [0.25, 0.3) is 21.9 Å². The minimum atomic E-state index is -4.79. The highest BCUT2D eigenvalue weighted by Crippen LogP contribution is 2.40. The number of anilines is 2. The SMILES string of the molecule is O=C(O)c1cc2c(Br)c(N3CCN(S(=O)(=O)c4cccc(C(F)(F)F)c4)CC3)ccc2o1.O=C(O)c1cc2c(Br)c(N3CCN(S(=O)(=O)c4ccccc4C(F)(F)F)CC3)ccc2o1. The van der Waals surface area contributed by atoms with Crippen molar-refractivity contribution in [2.75, 3.05) is 62.2 Å². The number of piperazine rings is 2. The molecule has 4 aromatic carbocycles. The fourth-order valence-corrected chi connectivity index (χ4v) is 11.7. The number of furan rings is 2. The van der Waals surface area contributed by atoms with Gasteiger partial charge in [-0.3, -0.25) is 0 Å². The number of hydrogen-bond donors (Lipinski definition) is 2. The predicted molar refractivity (Wildman–Crippen MR) is 227 cm³/mol. The zero-order chi connectivity index (χ0) is 46.5. The van der Waals surface area contributed by atoms with E-state index in [-0.39, 0.29) is 50.8 Å². The molecule has 6 aromatic rings. The molecular formula is C40H32Br2F6N4O10S2. The van der Waals surface area contributed by atoms with Gasteiger partial charge in [0.05, 0.1) is 41.2 Å². The molecule has 2 aliphatic heterocycles. The molecule has 0 aliphatic carbocycles. The average molecular weight is 1070 g/mol. The van der Waals surface area contributed by atoms with E-state index in [0.29, 0.717) is 55.7 Å². The molecule has 0 bridgehead atoms. The molecule has 0 atom stereocenters. The number of halogens is 8. The van der Waals surface area contributed by atoms with Crippen molar-refractivity contribution < 1.29 is 71.8 Å². The second-order valence-electron chi connectivity index (χ2n) is 14.3. The van der Waals surface area contributed by atoms with E-state index < -0.39 is 65.3 Å². The van der Waals surface area contributed by atoms with Crippen LogP contribution in [0, 0.1) is 0 Å². The normalized spacial score (nSPS) is 15.9. The Labute approximate surface area is 376 Å². The van der Waals surface area contributed by atoms with E-state index in [2.05, 4.69) is 31.9 Å². The largest absolute Gasteiger partial charge is 0.475 e. The molecule has 340 valence electrons. The number of sulfonamides is 2. The molecule has 0 amide bonds. The predicted octanol–water partition coefficient (Wildman–Crippen LogP) is 8.85. The van der Waals surface area contributed by atoms with Gasteiger partial charge in [0.2, 0.25) is 31.6 Å². The van der Waals surface area contributed by atoms with E-state index in [1.807, 2.05) is 9.80 Å². The van der Waals surface area contributed by atoms with Crippen molar-refractivity contribution in [1.29, 1.82) is 0 Å². The summed E-state index contributed by atoms with van der Waals surface area (Å²) in [7, 11) is -8.42. The van der Waals surface area contributed by atoms with Crippen molar-refractivity contribution in [3.05, 3.63) is 117 Å². The smallest absolute Gasteiger partial charge is 0.417 e. The maximum absolute atomic E-state index is 13.3. The van der Waals surface area contributed by atoms with Crippen LogP contribution < -0.4 is 9.80 Å². The number of hydrogen-bond acceptors (Lipinski definition) is 10. The summed E-state index contributed by atoms with van der Waals surface area (Å²) in [6.07, 6.45) is -9.42. The molecule has 0 spiro atoms. The summed E-state index contributed by atoms with van der Waals surface area (Å²) in [4.78, 5) is 24.9. The first kappa shape index (κ1) is 46.8. The van der Waals surface area contributed by atoms with Crippen molar-refractivity contribution in [3.8, 4) is 0 Å². The van der Waals surface area contributed by atoms with Crippen molar-refractivity contribution >= 4 is 97.2 Å². The molecule has 4 heterocycles. The molecule has 64 heavy (non-hydrogen) atoms. The third kappa shape index (κ3) is 9.34. The molecular weight excluding hydrogens is 1030 g/mol. The topological polar surface area (TPSA) is 182 Å². The van der Waals surface area contributed by atoms with Gasteiger partial charge in [0.1, 0.15) is 11.2 Å². The minimum Gasteiger partial charge on any atom is -0.475 e. The van der Waals surface area contributed by atoms with Crippen LogP contribution in [-0.2, 0) is 32.4 Å². The van der Waals surface area contributed by atoms with Crippen LogP contribution in [0.4, 0.5) is 37.7 Å². The van der Waals surface area contributed by atoms with Crippen molar-refractivity contribution in [1.82, 2.24) is 8.61 Å². The molecule has 2 N–H and O–H groups in total. The molecule has 0 radical (unpaired) electrons. The summed E-state index contributed by atoms with van der Waals surface area (Å²) in [6, 6.07) is 17.3. The lowest BCUT2D eigenvalue weighted by Gasteiger charge is -2.36. The Morgan fingerprint density at radius 2 is 1.02 bits per heavy atom. The number of carboxylic acids is 2. The average Bonchev–Trinajstić information content (AvgIpc) is 3.91. The number of aromatic carboxylic acids is 2. The maximum atomic E-state index is 13.3. The summed E-state index contributed by atoms with van der Waals surface area (Å²) in [6.45, 7) is 1.21. The summed E-state index contributed by atoms with van der Waals surface area (Å²) in [5.41, 5.74) is -0.0128. The molecule has 0 saturated carbocycles. The zero-order valence-electron chi connectivity index (χ0n) is 32.5. The van der Waals surface area contributed by atoms with Crippen LogP contribution in [0.3, 0.4) is 0 Å². The summed E-state index contributed by atoms with van der Waals surface area (Å²) in [5.74, 6) is -2.80. The summed E-state index contributed by atoms with van der Waals surface area (Å²) >= 11 is 6.92. The molecule has 14 nitrogen and oxygen atoms in total. The second-order valence-corrected chi connectivity index (χ2v) is 19.7. The number of fused-ring (bicyclic) bond motifs is 2. The molecule has 8 rings (SSSR count). The monoisotopic (exact) mass is 1060 g/mol. The van der Waals surface area contributed by atoms with Crippen LogP contribution >= 0.6 is 31.9 Å². The van der Waals surface area contributed by atoms with Gasteiger partial charge in [0.25, 0.3) is 0 Å². The minimum absolute atomic E-state index is 0.00916. The summed E-state index contributed by atoms with van der Waals surface area (Å²) < 4.78 is 144. The fraction of sp³-hybridized carbons (Fsp3) is 0.250. The van der Waals surface area contributed by atoms with Gasteiger partial charge in [-0.2, -0.15) is 35.0 Å². The van der Waals surface area contributed by atoms with E-state index in [4.69, 9.17) is 19.0 Å². The molecule has 2 saturated heterocycles. The Hall–Kier alpha value is -5.14. The Morgan fingerprint density at radius 1 is 0.562 bits per heavy atom. The lowest BCUT2D eigenvalue weighted by atomic mass is 10.2. The van der Waals surface area contributed by atoms with Gasteiger partial charge >= 0.3 is 24.3 Å². The Morgan fingerprint density at radius 3 is 1.45 bits per heavy atom. The van der Waals surface area contributed by atoms with Crippen LogP contribution in [0.5, 0.6) is 0 Å². The van der Waals surface area contributed by atoms with Crippen LogP contribution in [0.2, 0.25) is 0 Å². The number of carbonyl (C=O) groups is 2. The summed E-state index contributed by atoms with van der Waals surface area (Å²) in [5, 5.41) is 19.3. The van der Waals surface area contributed by atoms with Crippen LogP contribution in [0.1, 0.15) is 32.2 Å². The molecule has 2 aromatic heterocycles. The van der Waals surface area contributed by atoms with E-state index >= 15 is 0 Å². The van der Waals surface area contributed by atoms with Gasteiger partial charge in [0.15, 0.2) is 0 Å². The standard InChI is InChI=1S/2C20H16BrF3N2O5S/c21-18-14-11-17(19(27)28)31-16(14)5-4-15(18)25-6-8-26(9-7-25)32(29,30)13-3-1-2-12(10-13)20(22,23)24;21-18-12-11-16(19(27)28)31-15(12)6-5-14(18)25-7-9-26(10-8-25)32(29,30)17-4-2-1-3-13(17)20(22,23)24/h1-5,10-11H,6-9H2,(H,27,28);1-6,11H,7-10H2,(H,27,28).